The van der Waals surface area contributed by atoms with Crippen molar-refractivity contribution in [3.63, 3.8) is 0 Å². The van der Waals surface area contributed by atoms with E-state index in [0.717, 1.165) is 12.0 Å². The Hall–Kier alpha value is -2.12. The van der Waals surface area contributed by atoms with Crippen LogP contribution in [0.25, 0.3) is 0 Å². The number of rotatable bonds is 4. The Balaban J connectivity index is 1.74. The van der Waals surface area contributed by atoms with Gasteiger partial charge in [-0.2, -0.15) is 4.31 Å². The fourth-order valence-electron chi connectivity index (χ4n) is 3.45. The first-order valence-corrected chi connectivity index (χ1v) is 10.2. The maximum atomic E-state index is 12.9. The molecule has 0 saturated carbocycles. The minimum Gasteiger partial charge on any atom is -0.459 e. The van der Waals surface area contributed by atoms with E-state index in [1.54, 1.807) is 29.4 Å². The fourth-order valence-corrected chi connectivity index (χ4v) is 5.13. The number of hydrogen-bond acceptors (Lipinski definition) is 4. The molecule has 0 aliphatic carbocycles. The Morgan fingerprint density at radius 2 is 1.73 bits per heavy atom. The largest absolute Gasteiger partial charge is 0.459 e. The first kappa shape index (κ1) is 18.7. The molecule has 140 valence electrons. The van der Waals surface area contributed by atoms with Crippen molar-refractivity contribution in [1.82, 2.24) is 4.31 Å². The van der Waals surface area contributed by atoms with Crippen LogP contribution in [0.2, 0.25) is 0 Å². The fraction of sp³-hybridized carbons (Fsp3) is 0.421. The number of anilines is 1. The van der Waals surface area contributed by atoms with Gasteiger partial charge in [-0.3, -0.25) is 4.79 Å². The van der Waals surface area contributed by atoms with E-state index < -0.39 is 10.0 Å². The zero-order valence-corrected chi connectivity index (χ0v) is 16.0. The zero-order chi connectivity index (χ0) is 18.9. The zero-order valence-electron chi connectivity index (χ0n) is 15.2. The summed E-state index contributed by atoms with van der Waals surface area (Å²) in [6.07, 6.45) is 2.50. The number of aryl methyl sites for hydroxylation is 1. The summed E-state index contributed by atoms with van der Waals surface area (Å²) in [5.41, 5.74) is 1.26. The number of benzene rings is 1. The molecule has 3 rings (SSSR count). The molecule has 0 spiro atoms. The highest BCUT2D eigenvalue weighted by molar-refractivity contribution is 7.89. The standard InChI is InChI=1S/C19H24N2O4S/c1-13-10-14(2)12-21(11-13)26(23,24)17-6-4-16(5-7-17)20-19(22)18-15(3)8-9-25-18/h4-9,13-14H,10-12H2,1-3H3,(H,20,22). The third-order valence-electron chi connectivity index (χ3n) is 4.65. The van der Waals surface area contributed by atoms with Crippen molar-refractivity contribution >= 4 is 21.6 Å². The normalized spacial score (nSPS) is 21.5. The van der Waals surface area contributed by atoms with Crippen LogP contribution >= 0.6 is 0 Å². The Bertz CT molecular complexity index is 877. The van der Waals surface area contributed by atoms with Gasteiger partial charge in [0.25, 0.3) is 5.91 Å². The molecule has 2 unspecified atom stereocenters. The van der Waals surface area contributed by atoms with E-state index in [4.69, 9.17) is 4.42 Å². The minimum absolute atomic E-state index is 0.242. The maximum Gasteiger partial charge on any atom is 0.291 e. The number of carbonyl (C=O) groups excluding carboxylic acids is 1. The van der Waals surface area contributed by atoms with E-state index in [2.05, 4.69) is 19.2 Å². The van der Waals surface area contributed by atoms with Crippen LogP contribution in [0.5, 0.6) is 0 Å². The minimum atomic E-state index is -3.52. The lowest BCUT2D eigenvalue weighted by molar-refractivity contribution is 0.0996. The number of sulfonamides is 1. The summed E-state index contributed by atoms with van der Waals surface area (Å²) in [5, 5.41) is 2.72. The monoisotopic (exact) mass is 376 g/mol. The van der Waals surface area contributed by atoms with Crippen LogP contribution in [-0.4, -0.2) is 31.7 Å². The van der Waals surface area contributed by atoms with Gasteiger partial charge in [-0.05, 0) is 55.5 Å². The Labute approximate surface area is 154 Å². The van der Waals surface area contributed by atoms with Crippen molar-refractivity contribution in [3.8, 4) is 0 Å². The van der Waals surface area contributed by atoms with E-state index in [1.165, 1.54) is 18.4 Å². The highest BCUT2D eigenvalue weighted by Gasteiger charge is 2.31. The van der Waals surface area contributed by atoms with E-state index in [9.17, 15) is 13.2 Å². The smallest absolute Gasteiger partial charge is 0.291 e. The number of nitrogens with zero attached hydrogens (tertiary/aromatic N) is 1. The number of amides is 1. The Morgan fingerprint density at radius 3 is 2.27 bits per heavy atom. The van der Waals surface area contributed by atoms with Gasteiger partial charge < -0.3 is 9.73 Å². The van der Waals surface area contributed by atoms with Crippen molar-refractivity contribution in [2.45, 2.75) is 32.1 Å². The van der Waals surface area contributed by atoms with Gasteiger partial charge in [0.05, 0.1) is 11.2 Å². The SMILES string of the molecule is Cc1ccoc1C(=O)Nc1ccc(S(=O)(=O)N2CC(C)CC(C)C2)cc1. The highest BCUT2D eigenvalue weighted by Crippen LogP contribution is 2.27. The first-order chi connectivity index (χ1) is 12.3. The molecule has 1 fully saturated rings. The van der Waals surface area contributed by atoms with Gasteiger partial charge in [0.2, 0.25) is 10.0 Å². The molecule has 1 aromatic heterocycles. The van der Waals surface area contributed by atoms with Crippen molar-refractivity contribution in [3.05, 3.63) is 47.9 Å². The van der Waals surface area contributed by atoms with Gasteiger partial charge in [-0.25, -0.2) is 8.42 Å². The van der Waals surface area contributed by atoms with Gasteiger partial charge in [0.15, 0.2) is 5.76 Å². The van der Waals surface area contributed by atoms with Gasteiger partial charge in [0, 0.05) is 24.3 Å². The van der Waals surface area contributed by atoms with Gasteiger partial charge in [-0.1, -0.05) is 13.8 Å². The first-order valence-electron chi connectivity index (χ1n) is 8.73. The molecule has 2 atom stereocenters. The number of carbonyl (C=O) groups is 1. The van der Waals surface area contributed by atoms with Crippen LogP contribution in [0.15, 0.2) is 45.9 Å². The lowest BCUT2D eigenvalue weighted by Gasteiger charge is -2.34. The van der Waals surface area contributed by atoms with Crippen LogP contribution in [0.1, 0.15) is 36.4 Å². The second-order valence-corrected chi connectivity index (χ2v) is 9.12. The third-order valence-corrected chi connectivity index (χ3v) is 6.50. The molecule has 1 N–H and O–H groups in total. The molecule has 1 aliphatic heterocycles. The number of piperidine rings is 1. The maximum absolute atomic E-state index is 12.9. The molecular weight excluding hydrogens is 352 g/mol. The van der Waals surface area contributed by atoms with E-state index in [1.807, 2.05) is 0 Å². The third kappa shape index (κ3) is 3.83. The van der Waals surface area contributed by atoms with E-state index in [0.29, 0.717) is 30.6 Å². The van der Waals surface area contributed by atoms with Crippen molar-refractivity contribution < 1.29 is 17.6 Å². The summed E-state index contributed by atoms with van der Waals surface area (Å²) >= 11 is 0. The lowest BCUT2D eigenvalue weighted by Crippen LogP contribution is -2.42. The Morgan fingerprint density at radius 1 is 1.12 bits per heavy atom. The van der Waals surface area contributed by atoms with Crippen LogP contribution in [0, 0.1) is 18.8 Å². The van der Waals surface area contributed by atoms with Gasteiger partial charge >= 0.3 is 0 Å². The molecule has 1 aliphatic rings. The van der Waals surface area contributed by atoms with Crippen LogP contribution in [-0.2, 0) is 10.0 Å². The summed E-state index contributed by atoms with van der Waals surface area (Å²) in [4.78, 5) is 12.4. The van der Waals surface area contributed by atoms with Crippen molar-refractivity contribution in [2.75, 3.05) is 18.4 Å². The molecular formula is C19H24N2O4S. The van der Waals surface area contributed by atoms with Crippen LogP contribution in [0.4, 0.5) is 5.69 Å². The number of nitrogens with one attached hydrogen (secondary N) is 1. The quantitative estimate of drug-likeness (QED) is 0.886. The molecule has 6 nitrogen and oxygen atoms in total. The summed E-state index contributed by atoms with van der Waals surface area (Å²) in [5.74, 6) is 0.590. The summed E-state index contributed by atoms with van der Waals surface area (Å²) in [7, 11) is -3.52. The highest BCUT2D eigenvalue weighted by atomic mass is 32.2. The summed E-state index contributed by atoms with van der Waals surface area (Å²) in [6, 6.07) is 7.97. The number of furan rings is 1. The molecule has 0 bridgehead atoms. The molecule has 7 heteroatoms. The van der Waals surface area contributed by atoms with E-state index >= 15 is 0 Å². The lowest BCUT2D eigenvalue weighted by atomic mass is 9.94. The molecule has 0 radical (unpaired) electrons. The van der Waals surface area contributed by atoms with Gasteiger partial charge in [-0.15, -0.1) is 0 Å². The molecule has 1 amide bonds. The predicted octanol–water partition coefficient (Wildman–Crippen LogP) is 3.51. The molecule has 1 aromatic carbocycles. The second-order valence-electron chi connectivity index (χ2n) is 7.18. The Kier molecular flexibility index (Phi) is 5.20. The molecule has 26 heavy (non-hydrogen) atoms. The average Bonchev–Trinajstić information content (AvgIpc) is 3.00. The topological polar surface area (TPSA) is 79.6 Å². The average molecular weight is 376 g/mol. The molecule has 1 saturated heterocycles. The predicted molar refractivity (Wildman–Crippen MR) is 99.5 cm³/mol. The van der Waals surface area contributed by atoms with Crippen molar-refractivity contribution in [2.24, 2.45) is 11.8 Å². The molecule has 2 aromatic rings. The number of hydrogen-bond donors (Lipinski definition) is 1. The summed E-state index contributed by atoms with van der Waals surface area (Å²) < 4.78 is 32.5. The van der Waals surface area contributed by atoms with Crippen LogP contribution < -0.4 is 5.32 Å². The second kappa shape index (κ2) is 7.25. The van der Waals surface area contributed by atoms with E-state index in [-0.39, 0.29) is 16.6 Å². The van der Waals surface area contributed by atoms with Gasteiger partial charge in [0.1, 0.15) is 0 Å². The summed E-state index contributed by atoms with van der Waals surface area (Å²) in [6.45, 7) is 7.03. The van der Waals surface area contributed by atoms with Crippen molar-refractivity contribution in [1.29, 1.82) is 0 Å². The molecule has 2 heterocycles. The van der Waals surface area contributed by atoms with Crippen LogP contribution in [0.3, 0.4) is 0 Å².